The summed E-state index contributed by atoms with van der Waals surface area (Å²) in [5.41, 5.74) is -0.882. The van der Waals surface area contributed by atoms with Crippen LogP contribution in [0, 0.1) is 11.3 Å². The third-order valence-corrected chi connectivity index (χ3v) is 9.05. The minimum Gasteiger partial charge on any atom is -0.459 e. The molecule has 0 amide bonds. The Labute approximate surface area is 267 Å². The van der Waals surface area contributed by atoms with Crippen LogP contribution >= 0.6 is 8.53 Å². The van der Waals surface area contributed by atoms with Gasteiger partial charge in [-0.2, -0.15) is 5.26 Å². The van der Waals surface area contributed by atoms with Gasteiger partial charge in [0, 0.05) is 24.3 Å². The van der Waals surface area contributed by atoms with Crippen molar-refractivity contribution in [1.29, 1.82) is 5.26 Å². The van der Waals surface area contributed by atoms with Gasteiger partial charge in [-0.15, -0.1) is 0 Å². The number of rotatable bonds is 14. The number of aromatic nitrogens is 2. The third kappa shape index (κ3) is 8.75. The first kappa shape index (κ1) is 34.7. The van der Waals surface area contributed by atoms with Gasteiger partial charge >= 0.3 is 17.6 Å². The van der Waals surface area contributed by atoms with Crippen molar-refractivity contribution in [2.75, 3.05) is 13.2 Å². The molecule has 244 valence electrons. The van der Waals surface area contributed by atoms with Crippen LogP contribution in [-0.2, 0) is 23.3 Å². The predicted molar refractivity (Wildman–Crippen MR) is 168 cm³/mol. The van der Waals surface area contributed by atoms with Gasteiger partial charge in [-0.1, -0.05) is 36.4 Å². The summed E-state index contributed by atoms with van der Waals surface area (Å²) in [6.07, 6.45) is -3.42. The smallest absolute Gasteiger partial charge is 0.338 e. The fraction of sp³-hybridized carbons (Fsp3) is 0.406. The Morgan fingerprint density at radius 3 is 2.13 bits per heavy atom. The molecule has 0 saturated carbocycles. The average Bonchev–Trinajstić information content (AvgIpc) is 3.36. The van der Waals surface area contributed by atoms with Crippen molar-refractivity contribution in [1.82, 2.24) is 14.2 Å². The van der Waals surface area contributed by atoms with E-state index in [-0.39, 0.29) is 37.3 Å². The molecule has 2 heterocycles. The SMILES string of the molecule is CC(C)N(C(C)C)P(OCCC#N)OC1C(OC(=O)c2ccccc2)[C@H](n2ccc(=O)[nH]c2=O)O[C@@H]1COC(=O)c1ccccc1. The van der Waals surface area contributed by atoms with Gasteiger partial charge in [0.15, 0.2) is 12.3 Å². The summed E-state index contributed by atoms with van der Waals surface area (Å²) in [7, 11) is -1.90. The zero-order chi connectivity index (χ0) is 33.2. The van der Waals surface area contributed by atoms with E-state index in [0.717, 1.165) is 10.6 Å². The number of esters is 2. The molecule has 1 aromatic heterocycles. The molecule has 0 aliphatic carbocycles. The summed E-state index contributed by atoms with van der Waals surface area (Å²) in [6.45, 7) is 7.59. The van der Waals surface area contributed by atoms with Gasteiger partial charge in [0.25, 0.3) is 14.1 Å². The normalized spacial score (nSPS) is 20.0. The Hall–Kier alpha value is -4.18. The molecule has 0 spiro atoms. The molecule has 14 heteroatoms. The van der Waals surface area contributed by atoms with Crippen LogP contribution in [0.1, 0.15) is 61.1 Å². The van der Waals surface area contributed by atoms with E-state index in [2.05, 4.69) is 11.1 Å². The van der Waals surface area contributed by atoms with Crippen molar-refractivity contribution in [3.63, 3.8) is 0 Å². The van der Waals surface area contributed by atoms with Crippen molar-refractivity contribution >= 4 is 20.5 Å². The Balaban J connectivity index is 1.76. The Kier molecular flexibility index (Phi) is 12.4. The quantitative estimate of drug-likeness (QED) is 0.151. The van der Waals surface area contributed by atoms with E-state index in [1.54, 1.807) is 60.7 Å². The Morgan fingerprint density at radius 2 is 1.57 bits per heavy atom. The lowest BCUT2D eigenvalue weighted by Crippen LogP contribution is -2.43. The van der Waals surface area contributed by atoms with E-state index in [1.165, 1.54) is 6.20 Å². The zero-order valence-corrected chi connectivity index (χ0v) is 26.9. The lowest BCUT2D eigenvalue weighted by atomic mass is 10.1. The highest BCUT2D eigenvalue weighted by atomic mass is 31.2. The molecule has 2 aromatic carbocycles. The van der Waals surface area contributed by atoms with Gasteiger partial charge in [0.1, 0.15) is 18.8 Å². The molecule has 0 radical (unpaired) electrons. The van der Waals surface area contributed by atoms with Crippen LogP contribution in [0.5, 0.6) is 0 Å². The Bertz CT molecular complexity index is 1600. The second kappa shape index (κ2) is 16.4. The summed E-state index contributed by atoms with van der Waals surface area (Å²) < 4.78 is 33.8. The van der Waals surface area contributed by atoms with E-state index >= 15 is 0 Å². The van der Waals surface area contributed by atoms with E-state index < -0.39 is 56.3 Å². The summed E-state index contributed by atoms with van der Waals surface area (Å²) in [5, 5.41) is 9.17. The van der Waals surface area contributed by atoms with E-state index in [1.807, 2.05) is 32.4 Å². The van der Waals surface area contributed by atoms with Gasteiger partial charge in [0.05, 0.1) is 30.2 Å². The molecule has 46 heavy (non-hydrogen) atoms. The highest BCUT2D eigenvalue weighted by Gasteiger charge is 2.52. The molecule has 3 unspecified atom stereocenters. The fourth-order valence-electron chi connectivity index (χ4n) is 4.93. The van der Waals surface area contributed by atoms with Crippen molar-refractivity contribution in [3.8, 4) is 6.07 Å². The van der Waals surface area contributed by atoms with Crippen LogP contribution < -0.4 is 11.2 Å². The third-order valence-electron chi connectivity index (χ3n) is 6.93. The molecule has 13 nitrogen and oxygen atoms in total. The summed E-state index contributed by atoms with van der Waals surface area (Å²) in [6, 6.07) is 19.7. The first-order valence-electron chi connectivity index (χ1n) is 14.8. The zero-order valence-electron chi connectivity index (χ0n) is 26.0. The van der Waals surface area contributed by atoms with E-state index in [0.29, 0.717) is 5.56 Å². The maximum atomic E-state index is 13.4. The number of benzene rings is 2. The number of nitriles is 1. The lowest BCUT2D eigenvalue weighted by molar-refractivity contribution is -0.0635. The molecular formula is C32H37N4O9P. The largest absolute Gasteiger partial charge is 0.459 e. The van der Waals surface area contributed by atoms with E-state index in [4.69, 9.17) is 23.3 Å². The average molecular weight is 653 g/mol. The van der Waals surface area contributed by atoms with E-state index in [9.17, 15) is 24.4 Å². The standard InChI is InChI=1S/C32H37N4O9P/c1-21(2)36(22(3)4)46(42-19-11-17-33)45-27-25(20-41-30(38)23-12-7-5-8-13-23)43-29(35-18-16-26(37)34-32(35)40)28(27)44-31(39)24-14-9-6-10-15-24/h5-10,12-16,18,21-22,25,27-29H,11,19-20H2,1-4H3,(H,34,37,40)/t25-,27?,28?,29-,46?/m1/s1. The van der Waals surface area contributed by atoms with Gasteiger partial charge < -0.3 is 23.3 Å². The molecule has 3 aromatic rings. The second-order valence-electron chi connectivity index (χ2n) is 10.9. The number of ether oxygens (including phenoxy) is 3. The first-order chi connectivity index (χ1) is 22.1. The lowest BCUT2D eigenvalue weighted by Gasteiger charge is -2.38. The van der Waals surface area contributed by atoms with Crippen molar-refractivity contribution in [2.45, 2.75) is 70.7 Å². The van der Waals surface area contributed by atoms with Crippen LogP contribution in [0.15, 0.2) is 82.5 Å². The number of carbonyl (C=O) groups excluding carboxylic acids is 2. The first-order valence-corrected chi connectivity index (χ1v) is 15.9. The number of H-pyrrole nitrogens is 1. The van der Waals surface area contributed by atoms with Crippen LogP contribution in [0.25, 0.3) is 0 Å². The summed E-state index contributed by atoms with van der Waals surface area (Å²) >= 11 is 0. The highest BCUT2D eigenvalue weighted by Crippen LogP contribution is 2.50. The van der Waals surface area contributed by atoms with Gasteiger partial charge in [-0.3, -0.25) is 14.3 Å². The van der Waals surface area contributed by atoms with Gasteiger partial charge in [0.2, 0.25) is 0 Å². The molecular weight excluding hydrogens is 615 g/mol. The van der Waals surface area contributed by atoms with Gasteiger partial charge in [-0.25, -0.2) is 19.1 Å². The highest BCUT2D eigenvalue weighted by molar-refractivity contribution is 7.44. The molecule has 0 bridgehead atoms. The molecule has 1 aliphatic heterocycles. The minimum absolute atomic E-state index is 0.0622. The predicted octanol–water partition coefficient (Wildman–Crippen LogP) is 4.18. The van der Waals surface area contributed by atoms with Crippen molar-refractivity contribution < 1.29 is 32.8 Å². The van der Waals surface area contributed by atoms with Gasteiger partial charge in [-0.05, 0) is 52.0 Å². The molecule has 1 saturated heterocycles. The van der Waals surface area contributed by atoms with Crippen LogP contribution in [-0.4, -0.2) is 69.8 Å². The van der Waals surface area contributed by atoms with Crippen molar-refractivity contribution in [3.05, 3.63) is 105 Å². The molecule has 1 N–H and O–H groups in total. The maximum Gasteiger partial charge on any atom is 0.338 e. The number of nitrogens with zero attached hydrogens (tertiary/aromatic N) is 3. The van der Waals surface area contributed by atoms with Crippen molar-refractivity contribution in [2.24, 2.45) is 0 Å². The van der Waals surface area contributed by atoms with Crippen LogP contribution in [0.2, 0.25) is 0 Å². The van der Waals surface area contributed by atoms with Crippen LogP contribution in [0.3, 0.4) is 0 Å². The Morgan fingerprint density at radius 1 is 0.957 bits per heavy atom. The number of carbonyl (C=O) groups is 2. The topological polar surface area (TPSA) is 162 Å². The fourth-order valence-corrected chi connectivity index (χ4v) is 6.70. The molecule has 5 atom stereocenters. The monoisotopic (exact) mass is 652 g/mol. The summed E-state index contributed by atoms with van der Waals surface area (Å²) in [5.74, 6) is -1.34. The summed E-state index contributed by atoms with van der Waals surface area (Å²) in [4.78, 5) is 53.4. The molecule has 4 rings (SSSR count). The molecule has 1 fully saturated rings. The maximum absolute atomic E-state index is 13.4. The number of hydrogen-bond donors (Lipinski definition) is 1. The minimum atomic E-state index is -1.90. The molecule has 1 aliphatic rings. The number of hydrogen-bond acceptors (Lipinski definition) is 11. The number of nitrogens with one attached hydrogen (secondary N) is 1. The second-order valence-corrected chi connectivity index (χ2v) is 12.3. The number of aromatic amines is 1. The van der Waals surface area contributed by atoms with Crippen LogP contribution in [0.4, 0.5) is 0 Å².